The van der Waals surface area contributed by atoms with Crippen LogP contribution in [-0.2, 0) is 14.8 Å². The van der Waals surface area contributed by atoms with E-state index in [1.165, 1.54) is 28.6 Å². The number of rotatable bonds is 8. The molecule has 120 valence electrons. The van der Waals surface area contributed by atoms with Gasteiger partial charge in [-0.05, 0) is 37.5 Å². The Morgan fingerprint density at radius 3 is 2.55 bits per heavy atom. The van der Waals surface area contributed by atoms with Crippen molar-refractivity contribution < 1.29 is 23.1 Å². The molecule has 1 fully saturated rings. The van der Waals surface area contributed by atoms with Crippen LogP contribution in [0.15, 0.2) is 29.2 Å². The average molecular weight is 326 g/mol. The van der Waals surface area contributed by atoms with E-state index in [1.807, 2.05) is 0 Å². The molecule has 2 rings (SSSR count). The first-order valence-electron chi connectivity index (χ1n) is 6.96. The van der Waals surface area contributed by atoms with Crippen LogP contribution in [0, 0.1) is 0 Å². The maximum Gasteiger partial charge on any atom is 0.303 e. The summed E-state index contributed by atoms with van der Waals surface area (Å²) in [6.45, 7) is 0.153. The molecule has 0 aromatic heterocycles. The molecule has 8 heteroatoms. The van der Waals surface area contributed by atoms with Gasteiger partial charge in [0.15, 0.2) is 0 Å². The minimum Gasteiger partial charge on any atom is -0.481 e. The molecule has 0 spiro atoms. The van der Waals surface area contributed by atoms with Gasteiger partial charge in [-0.25, -0.2) is 8.42 Å². The standard InChI is InChI=1S/C14H18N2O5S/c15-14(19)10-3-1-4-12(9-10)22(20,21)16(11-6-7-11)8-2-5-13(17)18/h1,3-4,9,11H,2,5-8H2,(H2,15,19)(H,17,18). The molecule has 1 aromatic rings. The number of hydrogen-bond acceptors (Lipinski definition) is 4. The number of nitrogens with two attached hydrogens (primary N) is 1. The van der Waals surface area contributed by atoms with Gasteiger partial charge < -0.3 is 10.8 Å². The maximum absolute atomic E-state index is 12.7. The van der Waals surface area contributed by atoms with Gasteiger partial charge in [0.1, 0.15) is 0 Å². The molecular weight excluding hydrogens is 308 g/mol. The fourth-order valence-electron chi connectivity index (χ4n) is 2.19. The zero-order valence-electron chi connectivity index (χ0n) is 11.9. The number of hydrogen-bond donors (Lipinski definition) is 2. The van der Waals surface area contributed by atoms with Gasteiger partial charge in [0, 0.05) is 24.6 Å². The fraction of sp³-hybridized carbons (Fsp3) is 0.429. The van der Waals surface area contributed by atoms with Crippen molar-refractivity contribution in [3.05, 3.63) is 29.8 Å². The second-order valence-corrected chi connectivity index (χ2v) is 7.13. The molecule has 0 unspecified atom stereocenters. The highest BCUT2D eigenvalue weighted by molar-refractivity contribution is 7.89. The molecule has 0 atom stereocenters. The summed E-state index contributed by atoms with van der Waals surface area (Å²) >= 11 is 0. The number of primary amides is 1. The van der Waals surface area contributed by atoms with Gasteiger partial charge in [-0.3, -0.25) is 9.59 Å². The summed E-state index contributed by atoms with van der Waals surface area (Å²) in [7, 11) is -3.76. The Bertz CT molecular complexity index is 682. The van der Waals surface area contributed by atoms with Gasteiger partial charge in [0.05, 0.1) is 4.90 Å². The molecule has 1 aliphatic carbocycles. The highest BCUT2D eigenvalue weighted by Gasteiger charge is 2.37. The van der Waals surface area contributed by atoms with Crippen LogP contribution in [0.4, 0.5) is 0 Å². The van der Waals surface area contributed by atoms with Crippen molar-refractivity contribution in [3.63, 3.8) is 0 Å². The van der Waals surface area contributed by atoms with Crippen molar-refractivity contribution in [2.24, 2.45) is 5.73 Å². The first-order chi connectivity index (χ1) is 10.3. The Labute approximate surface area is 128 Å². The van der Waals surface area contributed by atoms with E-state index in [2.05, 4.69) is 0 Å². The minimum absolute atomic E-state index is 0.00558. The van der Waals surface area contributed by atoms with E-state index in [-0.39, 0.29) is 35.9 Å². The van der Waals surface area contributed by atoms with E-state index in [4.69, 9.17) is 10.8 Å². The first kappa shape index (κ1) is 16.4. The summed E-state index contributed by atoms with van der Waals surface area (Å²) in [4.78, 5) is 21.8. The lowest BCUT2D eigenvalue weighted by Crippen LogP contribution is -2.34. The topological polar surface area (TPSA) is 118 Å². The van der Waals surface area contributed by atoms with Crippen molar-refractivity contribution in [2.45, 2.75) is 36.6 Å². The lowest BCUT2D eigenvalue weighted by molar-refractivity contribution is -0.137. The van der Waals surface area contributed by atoms with Crippen molar-refractivity contribution >= 4 is 21.9 Å². The van der Waals surface area contributed by atoms with Crippen molar-refractivity contribution in [3.8, 4) is 0 Å². The Morgan fingerprint density at radius 1 is 1.32 bits per heavy atom. The minimum atomic E-state index is -3.76. The Balaban J connectivity index is 2.23. The third-order valence-corrected chi connectivity index (χ3v) is 5.40. The number of sulfonamides is 1. The molecule has 3 N–H and O–H groups in total. The number of nitrogens with zero attached hydrogens (tertiary/aromatic N) is 1. The van der Waals surface area contributed by atoms with E-state index in [1.54, 1.807) is 0 Å². The number of carbonyl (C=O) groups excluding carboxylic acids is 1. The summed E-state index contributed by atoms with van der Waals surface area (Å²) in [5.74, 6) is -1.65. The third-order valence-electron chi connectivity index (χ3n) is 3.45. The number of carboxylic acid groups (broad SMARTS) is 1. The summed E-state index contributed by atoms with van der Waals surface area (Å²) < 4.78 is 26.7. The summed E-state index contributed by atoms with van der Waals surface area (Å²) in [5, 5.41) is 8.68. The number of carbonyl (C=O) groups is 2. The second-order valence-electron chi connectivity index (χ2n) is 5.24. The molecule has 0 saturated heterocycles. The van der Waals surface area contributed by atoms with E-state index in [0.29, 0.717) is 0 Å². The normalized spacial score (nSPS) is 15.0. The van der Waals surface area contributed by atoms with Gasteiger partial charge in [-0.2, -0.15) is 4.31 Å². The Hall–Kier alpha value is -1.93. The number of benzene rings is 1. The number of amides is 1. The molecule has 0 bridgehead atoms. The van der Waals surface area contributed by atoms with Gasteiger partial charge >= 0.3 is 5.97 Å². The highest BCUT2D eigenvalue weighted by atomic mass is 32.2. The van der Waals surface area contributed by atoms with Crippen LogP contribution in [0.1, 0.15) is 36.0 Å². The van der Waals surface area contributed by atoms with E-state index in [0.717, 1.165) is 12.8 Å². The first-order valence-corrected chi connectivity index (χ1v) is 8.40. The summed E-state index contributed by atoms with van der Waals surface area (Å²) in [5.41, 5.74) is 5.30. The zero-order chi connectivity index (χ0) is 16.3. The van der Waals surface area contributed by atoms with Crippen LogP contribution >= 0.6 is 0 Å². The van der Waals surface area contributed by atoms with Gasteiger partial charge in [-0.1, -0.05) is 6.07 Å². The Kier molecular flexibility index (Phi) is 4.82. The van der Waals surface area contributed by atoms with E-state index >= 15 is 0 Å². The van der Waals surface area contributed by atoms with Crippen LogP contribution in [0.5, 0.6) is 0 Å². The maximum atomic E-state index is 12.7. The lowest BCUT2D eigenvalue weighted by Gasteiger charge is -2.21. The van der Waals surface area contributed by atoms with Gasteiger partial charge in [0.25, 0.3) is 0 Å². The number of aliphatic carboxylic acids is 1. The predicted octanol–water partition coefficient (Wildman–Crippen LogP) is 0.803. The predicted molar refractivity (Wildman–Crippen MR) is 78.7 cm³/mol. The Morgan fingerprint density at radius 2 is 2.00 bits per heavy atom. The molecule has 22 heavy (non-hydrogen) atoms. The van der Waals surface area contributed by atoms with E-state index < -0.39 is 21.9 Å². The molecular formula is C14H18N2O5S. The molecule has 0 radical (unpaired) electrons. The van der Waals surface area contributed by atoms with Crippen molar-refractivity contribution in [1.82, 2.24) is 4.31 Å². The van der Waals surface area contributed by atoms with E-state index in [9.17, 15) is 18.0 Å². The van der Waals surface area contributed by atoms with Crippen LogP contribution in [0.2, 0.25) is 0 Å². The largest absolute Gasteiger partial charge is 0.481 e. The second kappa shape index (κ2) is 6.45. The molecule has 0 aliphatic heterocycles. The molecule has 1 amide bonds. The fourth-order valence-corrected chi connectivity index (χ4v) is 3.96. The van der Waals surface area contributed by atoms with Crippen LogP contribution in [0.3, 0.4) is 0 Å². The molecule has 7 nitrogen and oxygen atoms in total. The van der Waals surface area contributed by atoms with Crippen molar-refractivity contribution in [2.75, 3.05) is 6.54 Å². The number of carboxylic acids is 1. The third kappa shape index (κ3) is 3.83. The lowest BCUT2D eigenvalue weighted by atomic mass is 10.2. The quantitative estimate of drug-likeness (QED) is 0.732. The van der Waals surface area contributed by atoms with Gasteiger partial charge in [-0.15, -0.1) is 0 Å². The van der Waals surface area contributed by atoms with Crippen molar-refractivity contribution in [1.29, 1.82) is 0 Å². The summed E-state index contributed by atoms with van der Waals surface area (Å²) in [6, 6.07) is 5.50. The SMILES string of the molecule is NC(=O)c1cccc(S(=O)(=O)N(CCCC(=O)O)C2CC2)c1. The molecule has 0 heterocycles. The molecule has 1 aromatic carbocycles. The molecule has 1 saturated carbocycles. The molecule has 1 aliphatic rings. The smallest absolute Gasteiger partial charge is 0.303 e. The van der Waals surface area contributed by atoms with Gasteiger partial charge in [0.2, 0.25) is 15.9 Å². The van der Waals surface area contributed by atoms with Crippen LogP contribution in [-0.4, -0.2) is 42.3 Å². The highest BCUT2D eigenvalue weighted by Crippen LogP contribution is 2.32. The monoisotopic (exact) mass is 326 g/mol. The zero-order valence-corrected chi connectivity index (χ0v) is 12.8. The summed E-state index contributed by atoms with van der Waals surface area (Å²) in [6.07, 6.45) is 1.70. The van der Waals surface area contributed by atoms with Crippen LogP contribution in [0.25, 0.3) is 0 Å². The van der Waals surface area contributed by atoms with Crippen LogP contribution < -0.4 is 5.73 Å². The average Bonchev–Trinajstić information content (AvgIpc) is 3.27.